The van der Waals surface area contributed by atoms with Crippen LogP contribution in [-0.4, -0.2) is 61.2 Å². The standard InChI is InChI=1S/C20H27N5O2/c1-24-9-11-25(12-10-24)15-17-5-3-16(4-6-17)13-22-20(26)23-18-7-8-19(27-2)21-14-18/h3-8,14H,9-13,15H2,1-2H3,(H2,22,23,26). The summed E-state index contributed by atoms with van der Waals surface area (Å²) >= 11 is 0. The van der Waals surface area contributed by atoms with Gasteiger partial charge in [-0.05, 0) is 24.2 Å². The number of nitrogens with zero attached hydrogens (tertiary/aromatic N) is 3. The van der Waals surface area contributed by atoms with Gasteiger partial charge in [-0.2, -0.15) is 0 Å². The molecule has 1 fully saturated rings. The van der Waals surface area contributed by atoms with E-state index in [9.17, 15) is 4.79 Å². The molecule has 0 radical (unpaired) electrons. The third-order valence-corrected chi connectivity index (χ3v) is 4.68. The van der Waals surface area contributed by atoms with E-state index in [0.717, 1.165) is 38.3 Å². The SMILES string of the molecule is COc1ccc(NC(=O)NCc2ccc(CN3CCN(C)CC3)cc2)cn1. The van der Waals surface area contributed by atoms with E-state index in [2.05, 4.69) is 56.7 Å². The predicted octanol–water partition coefficient (Wildman–Crippen LogP) is 2.16. The molecule has 1 aromatic carbocycles. The van der Waals surface area contributed by atoms with Crippen molar-refractivity contribution in [2.24, 2.45) is 0 Å². The van der Waals surface area contributed by atoms with Gasteiger partial charge in [0.25, 0.3) is 0 Å². The Morgan fingerprint density at radius 1 is 1.07 bits per heavy atom. The minimum Gasteiger partial charge on any atom is -0.481 e. The number of carbonyl (C=O) groups is 1. The number of nitrogens with one attached hydrogen (secondary N) is 2. The molecule has 0 unspecified atom stereocenters. The largest absolute Gasteiger partial charge is 0.481 e. The van der Waals surface area contributed by atoms with E-state index in [-0.39, 0.29) is 6.03 Å². The first-order valence-corrected chi connectivity index (χ1v) is 9.16. The van der Waals surface area contributed by atoms with Crippen LogP contribution < -0.4 is 15.4 Å². The van der Waals surface area contributed by atoms with Crippen molar-refractivity contribution in [1.82, 2.24) is 20.1 Å². The average molecular weight is 369 g/mol. The number of hydrogen-bond donors (Lipinski definition) is 2. The number of carbonyl (C=O) groups excluding carboxylic acids is 1. The number of ether oxygens (including phenoxy) is 1. The van der Waals surface area contributed by atoms with E-state index in [0.29, 0.717) is 18.1 Å². The molecule has 1 aliphatic rings. The van der Waals surface area contributed by atoms with E-state index in [4.69, 9.17) is 4.74 Å². The van der Waals surface area contributed by atoms with Crippen LogP contribution in [0.15, 0.2) is 42.6 Å². The normalized spacial score (nSPS) is 15.3. The molecular formula is C20H27N5O2. The number of aromatic nitrogens is 1. The van der Waals surface area contributed by atoms with Crippen molar-refractivity contribution in [1.29, 1.82) is 0 Å². The Morgan fingerprint density at radius 3 is 2.41 bits per heavy atom. The number of pyridine rings is 1. The van der Waals surface area contributed by atoms with E-state index in [1.54, 1.807) is 25.4 Å². The van der Waals surface area contributed by atoms with Crippen molar-refractivity contribution in [3.63, 3.8) is 0 Å². The Balaban J connectivity index is 1.43. The van der Waals surface area contributed by atoms with E-state index < -0.39 is 0 Å². The second-order valence-corrected chi connectivity index (χ2v) is 6.79. The van der Waals surface area contributed by atoms with Crippen LogP contribution in [-0.2, 0) is 13.1 Å². The van der Waals surface area contributed by atoms with Crippen LogP contribution in [0.3, 0.4) is 0 Å². The van der Waals surface area contributed by atoms with Gasteiger partial charge in [-0.1, -0.05) is 24.3 Å². The molecule has 1 aliphatic heterocycles. The molecule has 7 heteroatoms. The summed E-state index contributed by atoms with van der Waals surface area (Å²) in [6.07, 6.45) is 1.56. The molecule has 2 aromatic rings. The summed E-state index contributed by atoms with van der Waals surface area (Å²) in [6.45, 7) is 5.93. The predicted molar refractivity (Wildman–Crippen MR) is 106 cm³/mol. The van der Waals surface area contributed by atoms with Crippen molar-refractivity contribution in [2.45, 2.75) is 13.1 Å². The number of methoxy groups -OCH3 is 1. The van der Waals surface area contributed by atoms with Crippen LogP contribution in [0, 0.1) is 0 Å². The quantitative estimate of drug-likeness (QED) is 0.817. The second kappa shape index (κ2) is 9.34. The molecule has 2 N–H and O–H groups in total. The van der Waals surface area contributed by atoms with Crippen molar-refractivity contribution < 1.29 is 9.53 Å². The number of likely N-dealkylation sites (N-methyl/N-ethyl adjacent to an activating group) is 1. The lowest BCUT2D eigenvalue weighted by atomic mass is 10.1. The number of rotatable bonds is 6. The van der Waals surface area contributed by atoms with Crippen LogP contribution in [0.25, 0.3) is 0 Å². The number of amides is 2. The highest BCUT2D eigenvalue weighted by Crippen LogP contribution is 2.12. The molecular weight excluding hydrogens is 342 g/mol. The van der Waals surface area contributed by atoms with Gasteiger partial charge in [0.1, 0.15) is 0 Å². The first-order valence-electron chi connectivity index (χ1n) is 9.16. The highest BCUT2D eigenvalue weighted by molar-refractivity contribution is 5.88. The van der Waals surface area contributed by atoms with Crippen LogP contribution in [0.2, 0.25) is 0 Å². The van der Waals surface area contributed by atoms with E-state index >= 15 is 0 Å². The molecule has 7 nitrogen and oxygen atoms in total. The van der Waals surface area contributed by atoms with Crippen molar-refractivity contribution in [3.05, 3.63) is 53.7 Å². The van der Waals surface area contributed by atoms with Crippen molar-refractivity contribution in [3.8, 4) is 5.88 Å². The van der Waals surface area contributed by atoms with Gasteiger partial charge in [-0.25, -0.2) is 9.78 Å². The molecule has 0 spiro atoms. The fourth-order valence-corrected chi connectivity index (χ4v) is 2.96. The zero-order valence-corrected chi connectivity index (χ0v) is 15.9. The van der Waals surface area contributed by atoms with Gasteiger partial charge in [-0.3, -0.25) is 4.90 Å². The third-order valence-electron chi connectivity index (χ3n) is 4.68. The number of urea groups is 1. The first-order chi connectivity index (χ1) is 13.1. The topological polar surface area (TPSA) is 69.7 Å². The Bertz CT molecular complexity index is 725. The molecule has 0 atom stereocenters. The molecule has 3 rings (SSSR count). The molecule has 2 heterocycles. The van der Waals surface area contributed by atoms with E-state index in [1.807, 2.05) is 0 Å². The second-order valence-electron chi connectivity index (χ2n) is 6.79. The third kappa shape index (κ3) is 5.94. The number of anilines is 1. The molecule has 0 bridgehead atoms. The van der Waals surface area contributed by atoms with Gasteiger partial charge in [0.15, 0.2) is 0 Å². The summed E-state index contributed by atoms with van der Waals surface area (Å²) in [5.41, 5.74) is 2.99. The first kappa shape index (κ1) is 19.1. The lowest BCUT2D eigenvalue weighted by Gasteiger charge is -2.32. The summed E-state index contributed by atoms with van der Waals surface area (Å²) in [6, 6.07) is 11.6. The Hall–Kier alpha value is -2.64. The van der Waals surface area contributed by atoms with Crippen LogP contribution in [0.1, 0.15) is 11.1 Å². The maximum absolute atomic E-state index is 12.0. The summed E-state index contributed by atoms with van der Waals surface area (Å²) in [5.74, 6) is 0.512. The highest BCUT2D eigenvalue weighted by Gasteiger charge is 2.13. The van der Waals surface area contributed by atoms with Gasteiger partial charge in [-0.15, -0.1) is 0 Å². The molecule has 1 saturated heterocycles. The Morgan fingerprint density at radius 2 is 1.78 bits per heavy atom. The van der Waals surface area contributed by atoms with Crippen LogP contribution in [0.4, 0.5) is 10.5 Å². The average Bonchev–Trinajstić information content (AvgIpc) is 2.70. The molecule has 0 saturated carbocycles. The molecule has 1 aromatic heterocycles. The Kier molecular flexibility index (Phi) is 6.62. The lowest BCUT2D eigenvalue weighted by molar-refractivity contribution is 0.148. The van der Waals surface area contributed by atoms with Crippen LogP contribution in [0.5, 0.6) is 5.88 Å². The zero-order chi connectivity index (χ0) is 19.1. The zero-order valence-electron chi connectivity index (χ0n) is 15.9. The maximum Gasteiger partial charge on any atom is 0.319 e. The fourth-order valence-electron chi connectivity index (χ4n) is 2.96. The Labute approximate surface area is 160 Å². The molecule has 144 valence electrons. The van der Waals surface area contributed by atoms with Gasteiger partial charge < -0.3 is 20.3 Å². The summed E-state index contributed by atoms with van der Waals surface area (Å²) in [7, 11) is 3.72. The fraction of sp³-hybridized carbons (Fsp3) is 0.400. The number of benzene rings is 1. The monoisotopic (exact) mass is 369 g/mol. The highest BCUT2D eigenvalue weighted by atomic mass is 16.5. The van der Waals surface area contributed by atoms with Crippen LogP contribution >= 0.6 is 0 Å². The molecule has 0 aliphatic carbocycles. The van der Waals surface area contributed by atoms with Crippen molar-refractivity contribution in [2.75, 3.05) is 45.7 Å². The van der Waals surface area contributed by atoms with Gasteiger partial charge in [0, 0.05) is 45.3 Å². The van der Waals surface area contributed by atoms with Crippen molar-refractivity contribution >= 4 is 11.7 Å². The molecule has 27 heavy (non-hydrogen) atoms. The minimum atomic E-state index is -0.261. The maximum atomic E-state index is 12.0. The van der Waals surface area contributed by atoms with Gasteiger partial charge in [0.05, 0.1) is 19.0 Å². The minimum absolute atomic E-state index is 0.261. The summed E-state index contributed by atoms with van der Waals surface area (Å²) < 4.78 is 5.00. The van der Waals surface area contributed by atoms with Gasteiger partial charge in [0.2, 0.25) is 5.88 Å². The molecule has 2 amide bonds. The summed E-state index contributed by atoms with van der Waals surface area (Å²) in [5, 5.41) is 5.61. The van der Waals surface area contributed by atoms with E-state index in [1.165, 1.54) is 5.56 Å². The van der Waals surface area contributed by atoms with Gasteiger partial charge >= 0.3 is 6.03 Å². The lowest BCUT2D eigenvalue weighted by Crippen LogP contribution is -2.43. The number of piperazine rings is 1. The summed E-state index contributed by atoms with van der Waals surface area (Å²) in [4.78, 5) is 20.9. The smallest absolute Gasteiger partial charge is 0.319 e. The number of hydrogen-bond acceptors (Lipinski definition) is 5.